The SMILES string of the molecule is COc1cc(N(CC(=O)NCCOc2ccc(S(=O)(=O)N(C)C)cc2)S(C)(=O)=O)c(OC)cc1Cl. The number of carbonyl (C=O) groups excluding carboxylic acids is 1. The summed E-state index contributed by atoms with van der Waals surface area (Å²) < 4.78 is 66.9. The van der Waals surface area contributed by atoms with Crippen molar-refractivity contribution >= 4 is 43.2 Å². The van der Waals surface area contributed by atoms with Gasteiger partial charge in [0.1, 0.15) is 30.4 Å². The fourth-order valence-electron chi connectivity index (χ4n) is 2.88. The smallest absolute Gasteiger partial charge is 0.242 e. The van der Waals surface area contributed by atoms with E-state index < -0.39 is 32.5 Å². The van der Waals surface area contributed by atoms with Crippen molar-refractivity contribution in [2.45, 2.75) is 4.90 Å². The monoisotopic (exact) mass is 549 g/mol. The van der Waals surface area contributed by atoms with E-state index in [1.54, 1.807) is 0 Å². The van der Waals surface area contributed by atoms with E-state index in [1.165, 1.54) is 64.7 Å². The summed E-state index contributed by atoms with van der Waals surface area (Å²) in [5, 5.41) is 2.80. The molecule has 0 spiro atoms. The number of ether oxygens (including phenoxy) is 3. The highest BCUT2D eigenvalue weighted by Crippen LogP contribution is 2.38. The van der Waals surface area contributed by atoms with Crippen LogP contribution in [-0.2, 0) is 24.8 Å². The van der Waals surface area contributed by atoms with E-state index in [1.807, 2.05) is 0 Å². The molecule has 0 aliphatic heterocycles. The Kier molecular flexibility index (Phi) is 9.60. The standard InChI is InChI=1S/C21H28ClN3O8S2/c1-24(2)35(29,30)16-8-6-15(7-9-16)33-11-10-23-21(26)14-25(34(5,27)28)18-13-19(31-3)17(22)12-20(18)32-4/h6-9,12-13H,10-11,14H2,1-5H3,(H,23,26). The number of nitrogens with zero attached hydrogens (tertiary/aromatic N) is 2. The van der Waals surface area contributed by atoms with E-state index in [2.05, 4.69) is 5.32 Å². The van der Waals surface area contributed by atoms with Gasteiger partial charge >= 0.3 is 0 Å². The number of benzene rings is 2. The Morgan fingerprint density at radius 3 is 2.11 bits per heavy atom. The van der Waals surface area contributed by atoms with Gasteiger partial charge in [-0.25, -0.2) is 21.1 Å². The fraction of sp³-hybridized carbons (Fsp3) is 0.381. The van der Waals surface area contributed by atoms with Gasteiger partial charge in [-0.2, -0.15) is 0 Å². The molecule has 194 valence electrons. The zero-order chi connectivity index (χ0) is 26.4. The van der Waals surface area contributed by atoms with Crippen molar-refractivity contribution in [3.8, 4) is 17.2 Å². The molecule has 11 nitrogen and oxygen atoms in total. The lowest BCUT2D eigenvalue weighted by molar-refractivity contribution is -0.119. The van der Waals surface area contributed by atoms with Crippen LogP contribution in [0.15, 0.2) is 41.3 Å². The van der Waals surface area contributed by atoms with Crippen LogP contribution in [0.3, 0.4) is 0 Å². The molecule has 0 aliphatic carbocycles. The van der Waals surface area contributed by atoms with Crippen molar-refractivity contribution in [2.24, 2.45) is 0 Å². The highest BCUT2D eigenvalue weighted by atomic mass is 35.5. The number of carbonyl (C=O) groups is 1. The molecule has 1 amide bonds. The van der Waals surface area contributed by atoms with E-state index in [0.717, 1.165) is 14.9 Å². The van der Waals surface area contributed by atoms with Crippen molar-refractivity contribution in [2.75, 3.05) is 58.6 Å². The lowest BCUT2D eigenvalue weighted by Gasteiger charge is -2.24. The highest BCUT2D eigenvalue weighted by Gasteiger charge is 2.25. The van der Waals surface area contributed by atoms with Crippen LogP contribution in [0.5, 0.6) is 17.2 Å². The third-order valence-corrected chi connectivity index (χ3v) is 7.96. The number of hydrogen-bond donors (Lipinski definition) is 1. The average molecular weight is 550 g/mol. The second kappa shape index (κ2) is 11.8. The maximum absolute atomic E-state index is 12.5. The van der Waals surface area contributed by atoms with Crippen molar-refractivity contribution in [1.82, 2.24) is 9.62 Å². The summed E-state index contributed by atoms with van der Waals surface area (Å²) in [6.07, 6.45) is 0.962. The second-order valence-electron chi connectivity index (χ2n) is 7.39. The number of nitrogens with one attached hydrogen (secondary N) is 1. The topological polar surface area (TPSA) is 132 Å². The number of hydrogen-bond acceptors (Lipinski definition) is 8. The predicted octanol–water partition coefficient (Wildman–Crippen LogP) is 1.57. The Balaban J connectivity index is 2.02. The Hall–Kier alpha value is -2.74. The van der Waals surface area contributed by atoms with E-state index >= 15 is 0 Å². The van der Waals surface area contributed by atoms with E-state index in [0.29, 0.717) is 5.75 Å². The van der Waals surface area contributed by atoms with E-state index in [4.69, 9.17) is 25.8 Å². The molecule has 0 atom stereocenters. The van der Waals surface area contributed by atoms with Crippen LogP contribution in [0.4, 0.5) is 5.69 Å². The van der Waals surface area contributed by atoms with Gasteiger partial charge in [0.2, 0.25) is 26.0 Å². The molecular formula is C21H28ClN3O8S2. The van der Waals surface area contributed by atoms with Crippen LogP contribution in [0, 0.1) is 0 Å². The van der Waals surface area contributed by atoms with Gasteiger partial charge in [0.05, 0.1) is 42.6 Å². The summed E-state index contributed by atoms with van der Waals surface area (Å²) in [7, 11) is -1.81. The van der Waals surface area contributed by atoms with Gasteiger partial charge in [0, 0.05) is 26.2 Å². The Morgan fingerprint density at radius 2 is 1.60 bits per heavy atom. The molecular weight excluding hydrogens is 522 g/mol. The van der Waals surface area contributed by atoms with Crippen molar-refractivity contribution in [1.29, 1.82) is 0 Å². The molecule has 0 aliphatic rings. The third kappa shape index (κ3) is 7.37. The van der Waals surface area contributed by atoms with E-state index in [-0.39, 0.29) is 40.3 Å². The summed E-state index contributed by atoms with van der Waals surface area (Å²) in [4.78, 5) is 12.6. The molecule has 35 heavy (non-hydrogen) atoms. The Labute approximate surface area is 210 Å². The molecule has 1 N–H and O–H groups in total. The van der Waals surface area contributed by atoms with Crippen molar-refractivity contribution in [3.63, 3.8) is 0 Å². The zero-order valence-corrected chi connectivity index (χ0v) is 22.3. The van der Waals surface area contributed by atoms with Gasteiger partial charge in [-0.05, 0) is 24.3 Å². The minimum absolute atomic E-state index is 0.0719. The second-order valence-corrected chi connectivity index (χ2v) is 11.9. The summed E-state index contributed by atoms with van der Waals surface area (Å²) in [5.74, 6) is 0.196. The van der Waals surface area contributed by atoms with Crippen LogP contribution >= 0.6 is 11.6 Å². The van der Waals surface area contributed by atoms with Gasteiger partial charge in [0.15, 0.2) is 0 Å². The largest absolute Gasteiger partial charge is 0.495 e. The average Bonchev–Trinajstić information content (AvgIpc) is 2.79. The molecule has 0 saturated carbocycles. The Morgan fingerprint density at radius 1 is 1.00 bits per heavy atom. The molecule has 2 aromatic rings. The predicted molar refractivity (Wildman–Crippen MR) is 133 cm³/mol. The summed E-state index contributed by atoms with van der Waals surface area (Å²) >= 11 is 6.09. The maximum atomic E-state index is 12.5. The quantitative estimate of drug-likeness (QED) is 0.395. The molecule has 14 heteroatoms. The first-order valence-electron chi connectivity index (χ1n) is 10.1. The summed E-state index contributed by atoms with van der Waals surface area (Å²) in [6, 6.07) is 8.61. The van der Waals surface area contributed by atoms with Gasteiger partial charge in [-0.15, -0.1) is 0 Å². The number of methoxy groups -OCH3 is 2. The van der Waals surface area contributed by atoms with Crippen LogP contribution in [0.25, 0.3) is 0 Å². The highest BCUT2D eigenvalue weighted by molar-refractivity contribution is 7.92. The zero-order valence-electron chi connectivity index (χ0n) is 19.9. The van der Waals surface area contributed by atoms with Crippen molar-refractivity contribution in [3.05, 3.63) is 41.4 Å². The number of halogens is 1. The summed E-state index contributed by atoms with van der Waals surface area (Å²) in [6.45, 7) is -0.366. The molecule has 0 fully saturated rings. The minimum atomic E-state index is -3.87. The van der Waals surface area contributed by atoms with Crippen LogP contribution < -0.4 is 23.8 Å². The first kappa shape index (κ1) is 28.5. The van der Waals surface area contributed by atoms with Gasteiger partial charge < -0.3 is 19.5 Å². The molecule has 0 radical (unpaired) electrons. The van der Waals surface area contributed by atoms with E-state index in [9.17, 15) is 21.6 Å². The third-order valence-electron chi connectivity index (χ3n) is 4.70. The number of amides is 1. The lowest BCUT2D eigenvalue weighted by Crippen LogP contribution is -2.41. The van der Waals surface area contributed by atoms with Gasteiger partial charge in [0.25, 0.3) is 0 Å². The van der Waals surface area contributed by atoms with Gasteiger partial charge in [-0.3, -0.25) is 9.10 Å². The van der Waals surface area contributed by atoms with Crippen LogP contribution in [0.2, 0.25) is 5.02 Å². The van der Waals surface area contributed by atoms with Crippen LogP contribution in [0.1, 0.15) is 0 Å². The first-order chi connectivity index (χ1) is 16.3. The summed E-state index contributed by atoms with van der Waals surface area (Å²) in [5.41, 5.74) is 0.0930. The lowest BCUT2D eigenvalue weighted by atomic mass is 10.2. The molecule has 0 aromatic heterocycles. The minimum Gasteiger partial charge on any atom is -0.495 e. The fourth-order valence-corrected chi connectivity index (χ4v) is 4.87. The first-order valence-corrected chi connectivity index (χ1v) is 13.8. The Bertz CT molecular complexity index is 1250. The maximum Gasteiger partial charge on any atom is 0.242 e. The number of anilines is 1. The molecule has 2 rings (SSSR count). The molecule has 0 bridgehead atoms. The van der Waals surface area contributed by atoms with Gasteiger partial charge in [-0.1, -0.05) is 11.6 Å². The normalized spacial score (nSPS) is 11.7. The molecule has 0 unspecified atom stereocenters. The molecule has 0 heterocycles. The van der Waals surface area contributed by atoms with Crippen molar-refractivity contribution < 1.29 is 35.8 Å². The molecule has 0 saturated heterocycles. The molecule has 2 aromatic carbocycles. The van der Waals surface area contributed by atoms with Crippen LogP contribution in [-0.4, -0.2) is 81.3 Å². The number of rotatable bonds is 12. The number of sulfonamides is 2.